The van der Waals surface area contributed by atoms with Crippen molar-refractivity contribution in [3.63, 3.8) is 0 Å². The number of nitrogens with two attached hydrogens (primary N) is 1. The van der Waals surface area contributed by atoms with Crippen molar-refractivity contribution < 1.29 is 9.47 Å². The van der Waals surface area contributed by atoms with Crippen molar-refractivity contribution in [2.24, 2.45) is 5.73 Å². The number of hydrogen-bond donors (Lipinski definition) is 1. The lowest BCUT2D eigenvalue weighted by molar-refractivity contribution is -0.268. The summed E-state index contributed by atoms with van der Waals surface area (Å²) >= 11 is 7.32. The molecule has 2 rings (SSSR count). The molecule has 14 heavy (non-hydrogen) atoms. The van der Waals surface area contributed by atoms with Crippen LogP contribution in [-0.2, 0) is 15.3 Å². The van der Waals surface area contributed by atoms with E-state index in [0.29, 0.717) is 13.2 Å². The first-order valence-corrected chi connectivity index (χ1v) is 5.59. The van der Waals surface area contributed by atoms with Gasteiger partial charge < -0.3 is 15.2 Å². The lowest BCUT2D eigenvalue weighted by Gasteiger charge is -2.35. The van der Waals surface area contributed by atoms with Crippen LogP contribution in [0.1, 0.15) is 11.8 Å². The first-order valence-electron chi connectivity index (χ1n) is 4.39. The van der Waals surface area contributed by atoms with Crippen LogP contribution in [0.2, 0.25) is 4.34 Å². The van der Waals surface area contributed by atoms with E-state index in [9.17, 15) is 0 Å². The fourth-order valence-corrected chi connectivity index (χ4v) is 2.42. The van der Waals surface area contributed by atoms with Crippen LogP contribution in [0.5, 0.6) is 0 Å². The van der Waals surface area contributed by atoms with Crippen LogP contribution in [0.25, 0.3) is 0 Å². The normalized spacial score (nSPS) is 33.2. The van der Waals surface area contributed by atoms with Crippen LogP contribution >= 0.6 is 22.9 Å². The van der Waals surface area contributed by atoms with Crippen molar-refractivity contribution in [3.05, 3.63) is 21.3 Å². The summed E-state index contributed by atoms with van der Waals surface area (Å²) in [6.45, 7) is 2.93. The summed E-state index contributed by atoms with van der Waals surface area (Å²) in [6, 6.07) is 3.73. The molecule has 78 valence electrons. The molecule has 0 atom stereocenters. The molecule has 5 heteroatoms. The van der Waals surface area contributed by atoms with E-state index in [4.69, 9.17) is 26.8 Å². The van der Waals surface area contributed by atoms with Gasteiger partial charge in [-0.15, -0.1) is 11.3 Å². The molecule has 1 fully saturated rings. The second kappa shape index (κ2) is 3.79. The Morgan fingerprint density at radius 1 is 1.50 bits per heavy atom. The topological polar surface area (TPSA) is 44.5 Å². The van der Waals surface area contributed by atoms with Gasteiger partial charge in [0.2, 0.25) is 5.79 Å². The smallest absolute Gasteiger partial charge is 0.201 e. The third kappa shape index (κ3) is 1.94. The molecule has 2 heterocycles. The summed E-state index contributed by atoms with van der Waals surface area (Å²) in [7, 11) is 0. The largest absolute Gasteiger partial charge is 0.344 e. The highest BCUT2D eigenvalue weighted by atomic mass is 35.5. The Labute approximate surface area is 91.8 Å². The Kier molecular flexibility index (Phi) is 2.81. The molecule has 0 aliphatic carbocycles. The van der Waals surface area contributed by atoms with Crippen molar-refractivity contribution in [2.45, 2.75) is 18.8 Å². The fraction of sp³-hybridized carbons (Fsp3) is 0.556. The molecule has 1 saturated heterocycles. The average molecular weight is 234 g/mol. The van der Waals surface area contributed by atoms with Crippen LogP contribution in [-0.4, -0.2) is 19.3 Å². The molecule has 0 saturated carbocycles. The molecule has 3 nitrogen and oxygen atoms in total. The van der Waals surface area contributed by atoms with E-state index in [0.717, 1.165) is 9.21 Å². The van der Waals surface area contributed by atoms with Gasteiger partial charge in [0.05, 0.1) is 28.5 Å². The zero-order chi connectivity index (χ0) is 10.2. The molecule has 0 bridgehead atoms. The second-order valence-electron chi connectivity index (χ2n) is 3.43. The fourth-order valence-electron chi connectivity index (χ4n) is 1.32. The van der Waals surface area contributed by atoms with Gasteiger partial charge in [-0.05, 0) is 19.1 Å². The maximum atomic E-state index is 5.85. The van der Waals surface area contributed by atoms with E-state index in [1.54, 1.807) is 0 Å². The number of rotatable bonds is 1. The first kappa shape index (κ1) is 10.4. The van der Waals surface area contributed by atoms with Crippen molar-refractivity contribution in [1.29, 1.82) is 0 Å². The average Bonchev–Trinajstić information content (AvgIpc) is 2.58. The summed E-state index contributed by atoms with van der Waals surface area (Å²) in [5.74, 6) is -0.673. The van der Waals surface area contributed by atoms with Gasteiger partial charge in [0.25, 0.3) is 0 Å². The Bertz CT molecular complexity index is 320. The van der Waals surface area contributed by atoms with Gasteiger partial charge in [-0.3, -0.25) is 0 Å². The van der Waals surface area contributed by atoms with Crippen LogP contribution in [0, 0.1) is 0 Å². The molecule has 1 aliphatic heterocycles. The van der Waals surface area contributed by atoms with Gasteiger partial charge in [0.15, 0.2) is 0 Å². The maximum absolute atomic E-state index is 5.85. The Morgan fingerprint density at radius 3 is 2.64 bits per heavy atom. The maximum Gasteiger partial charge on any atom is 0.201 e. The molecule has 1 aliphatic rings. The van der Waals surface area contributed by atoms with Gasteiger partial charge in [0, 0.05) is 0 Å². The van der Waals surface area contributed by atoms with Crippen LogP contribution < -0.4 is 5.73 Å². The van der Waals surface area contributed by atoms with Crippen molar-refractivity contribution in [2.75, 3.05) is 13.2 Å². The Hall–Kier alpha value is -0.130. The van der Waals surface area contributed by atoms with Gasteiger partial charge in [0.1, 0.15) is 0 Å². The third-order valence-electron chi connectivity index (χ3n) is 2.17. The highest BCUT2D eigenvalue weighted by Gasteiger charge is 2.35. The van der Waals surface area contributed by atoms with E-state index >= 15 is 0 Å². The predicted molar refractivity (Wildman–Crippen MR) is 56.6 cm³/mol. The lowest BCUT2D eigenvalue weighted by atomic mass is 10.2. The first-order chi connectivity index (χ1) is 6.60. The molecule has 0 radical (unpaired) electrons. The van der Waals surface area contributed by atoms with Crippen molar-refractivity contribution in [3.8, 4) is 0 Å². The standard InChI is InChI=1S/C9H12ClNO2S/c1-9(7-2-3-8(10)14-7)12-4-6(11)5-13-9/h2-3,6H,4-5,11H2,1H3. The monoisotopic (exact) mass is 233 g/mol. The number of ether oxygens (including phenoxy) is 2. The summed E-state index contributed by atoms with van der Waals surface area (Å²) in [4.78, 5) is 0.981. The Balaban J connectivity index is 2.16. The number of thiophene rings is 1. The Morgan fingerprint density at radius 2 is 2.14 bits per heavy atom. The summed E-state index contributed by atoms with van der Waals surface area (Å²) < 4.78 is 11.9. The molecule has 1 aromatic heterocycles. The predicted octanol–water partition coefficient (Wildman–Crippen LogP) is 1.95. The summed E-state index contributed by atoms with van der Waals surface area (Å²) in [5.41, 5.74) is 5.67. The molecule has 0 spiro atoms. The summed E-state index contributed by atoms with van der Waals surface area (Å²) in [5, 5.41) is 0. The van der Waals surface area contributed by atoms with Gasteiger partial charge in [-0.1, -0.05) is 11.6 Å². The van der Waals surface area contributed by atoms with E-state index in [1.165, 1.54) is 11.3 Å². The van der Waals surface area contributed by atoms with Gasteiger partial charge in [-0.2, -0.15) is 0 Å². The molecule has 1 aromatic rings. The minimum Gasteiger partial charge on any atom is -0.344 e. The van der Waals surface area contributed by atoms with Crippen LogP contribution in [0.3, 0.4) is 0 Å². The zero-order valence-electron chi connectivity index (χ0n) is 7.83. The molecular weight excluding hydrogens is 222 g/mol. The zero-order valence-corrected chi connectivity index (χ0v) is 9.40. The molecule has 0 aromatic carbocycles. The number of hydrogen-bond acceptors (Lipinski definition) is 4. The highest BCUT2D eigenvalue weighted by molar-refractivity contribution is 7.16. The van der Waals surface area contributed by atoms with Crippen molar-refractivity contribution in [1.82, 2.24) is 0 Å². The minimum absolute atomic E-state index is 0.0292. The second-order valence-corrected chi connectivity index (χ2v) is 5.15. The van der Waals surface area contributed by atoms with Crippen LogP contribution in [0.4, 0.5) is 0 Å². The molecular formula is C9H12ClNO2S. The quantitative estimate of drug-likeness (QED) is 0.807. The lowest BCUT2D eigenvalue weighted by Crippen LogP contribution is -2.45. The van der Waals surface area contributed by atoms with E-state index in [1.807, 2.05) is 19.1 Å². The van der Waals surface area contributed by atoms with Crippen molar-refractivity contribution >= 4 is 22.9 Å². The van der Waals surface area contributed by atoms with Gasteiger partial charge >= 0.3 is 0 Å². The van der Waals surface area contributed by atoms with E-state index in [-0.39, 0.29) is 6.04 Å². The number of halogens is 1. The van der Waals surface area contributed by atoms with E-state index < -0.39 is 5.79 Å². The molecule has 0 amide bonds. The van der Waals surface area contributed by atoms with E-state index in [2.05, 4.69) is 0 Å². The van der Waals surface area contributed by atoms with Crippen LogP contribution in [0.15, 0.2) is 12.1 Å². The third-order valence-corrected chi connectivity index (χ3v) is 3.58. The highest BCUT2D eigenvalue weighted by Crippen LogP contribution is 2.36. The molecule has 0 unspecified atom stereocenters. The van der Waals surface area contributed by atoms with Gasteiger partial charge in [-0.25, -0.2) is 0 Å². The molecule has 2 N–H and O–H groups in total. The summed E-state index contributed by atoms with van der Waals surface area (Å²) in [6.07, 6.45) is 0. The SMILES string of the molecule is CC1(c2ccc(Cl)s2)OCC(N)CO1. The minimum atomic E-state index is -0.673.